The fourth-order valence-electron chi connectivity index (χ4n) is 4.64. The molecule has 1 saturated heterocycles. The van der Waals surface area contributed by atoms with Gasteiger partial charge < -0.3 is 9.80 Å². The van der Waals surface area contributed by atoms with Crippen LogP contribution in [0.2, 0.25) is 0 Å². The van der Waals surface area contributed by atoms with E-state index in [1.165, 1.54) is 4.90 Å². The Morgan fingerprint density at radius 1 is 1.18 bits per heavy atom. The third kappa shape index (κ3) is 3.09. The third-order valence-corrected chi connectivity index (χ3v) is 7.56. The fraction of sp³-hybridized carbons (Fsp3) is 0.571. The average Bonchev–Trinajstić information content (AvgIpc) is 2.84. The van der Waals surface area contributed by atoms with Crippen LogP contribution in [0, 0.1) is 0 Å². The van der Waals surface area contributed by atoms with Gasteiger partial charge in [-0.3, -0.25) is 14.5 Å². The largest absolute Gasteiger partial charge is 0.327 e. The molecule has 1 atom stereocenters. The molecule has 1 aromatic carbocycles. The van der Waals surface area contributed by atoms with E-state index in [1.54, 1.807) is 28.6 Å². The first kappa shape index (κ1) is 19.3. The summed E-state index contributed by atoms with van der Waals surface area (Å²) in [6.07, 6.45) is 5.24. The Morgan fingerprint density at radius 3 is 2.64 bits per heavy atom. The van der Waals surface area contributed by atoms with Crippen molar-refractivity contribution in [2.75, 3.05) is 25.0 Å². The summed E-state index contributed by atoms with van der Waals surface area (Å²) in [6, 6.07) is 7.53. The summed E-state index contributed by atoms with van der Waals surface area (Å²) >= 11 is 1.77. The van der Waals surface area contributed by atoms with Crippen LogP contribution in [0.3, 0.4) is 0 Å². The number of rotatable bonds is 2. The van der Waals surface area contributed by atoms with Gasteiger partial charge in [0.05, 0.1) is 5.69 Å². The lowest BCUT2D eigenvalue weighted by atomic mass is 9.81. The topological polar surface area (TPSA) is 60.9 Å². The number of fused-ring (bicyclic) bond motifs is 1. The van der Waals surface area contributed by atoms with E-state index in [9.17, 15) is 14.4 Å². The van der Waals surface area contributed by atoms with Crippen molar-refractivity contribution in [1.82, 2.24) is 9.80 Å². The molecule has 6 nitrogen and oxygen atoms in total. The highest BCUT2D eigenvalue weighted by Crippen LogP contribution is 2.40. The minimum Gasteiger partial charge on any atom is -0.313 e. The van der Waals surface area contributed by atoms with Gasteiger partial charge in [-0.25, -0.2) is 4.79 Å². The van der Waals surface area contributed by atoms with E-state index < -0.39 is 5.54 Å². The molecule has 7 heteroatoms. The first-order valence-corrected chi connectivity index (χ1v) is 11.0. The number of carbonyl (C=O) groups excluding carboxylic acids is 3. The van der Waals surface area contributed by atoms with Gasteiger partial charge in [-0.1, -0.05) is 38.3 Å². The van der Waals surface area contributed by atoms with Crippen LogP contribution in [0.25, 0.3) is 0 Å². The van der Waals surface area contributed by atoms with Crippen LogP contribution in [0.5, 0.6) is 0 Å². The molecule has 2 heterocycles. The minimum atomic E-state index is -0.739. The third-order valence-electron chi connectivity index (χ3n) is 6.32. The lowest BCUT2D eigenvalue weighted by Crippen LogP contribution is -2.49. The van der Waals surface area contributed by atoms with Crippen molar-refractivity contribution in [1.29, 1.82) is 0 Å². The number of amides is 4. The van der Waals surface area contributed by atoms with Crippen LogP contribution >= 0.6 is 11.8 Å². The summed E-state index contributed by atoms with van der Waals surface area (Å²) in [5.74, 6) is -0.385. The summed E-state index contributed by atoms with van der Waals surface area (Å²) in [4.78, 5) is 44.8. The molecule has 28 heavy (non-hydrogen) atoms. The maximum Gasteiger partial charge on any atom is 0.327 e. The minimum absolute atomic E-state index is 0.183. The fourth-order valence-corrected chi connectivity index (χ4v) is 5.75. The van der Waals surface area contributed by atoms with Gasteiger partial charge in [0.15, 0.2) is 0 Å². The lowest BCUT2D eigenvalue weighted by Gasteiger charge is -2.35. The van der Waals surface area contributed by atoms with Crippen LogP contribution < -0.4 is 4.90 Å². The smallest absolute Gasteiger partial charge is 0.313 e. The van der Waals surface area contributed by atoms with E-state index >= 15 is 0 Å². The van der Waals surface area contributed by atoms with E-state index in [-0.39, 0.29) is 24.4 Å². The van der Waals surface area contributed by atoms with Gasteiger partial charge in [0.2, 0.25) is 5.91 Å². The molecule has 3 aliphatic rings. The molecule has 1 spiro atoms. The van der Waals surface area contributed by atoms with Gasteiger partial charge in [0.1, 0.15) is 12.1 Å². The van der Waals surface area contributed by atoms with Crippen molar-refractivity contribution in [2.45, 2.75) is 61.1 Å². The highest BCUT2D eigenvalue weighted by Gasteiger charge is 2.56. The Bertz CT molecular complexity index is 806. The second-order valence-corrected chi connectivity index (χ2v) is 9.54. The van der Waals surface area contributed by atoms with E-state index in [0.717, 1.165) is 36.3 Å². The van der Waals surface area contributed by atoms with Crippen molar-refractivity contribution in [3.63, 3.8) is 0 Å². The van der Waals surface area contributed by atoms with Gasteiger partial charge in [-0.2, -0.15) is 0 Å². The highest BCUT2D eigenvalue weighted by molar-refractivity contribution is 8.00. The van der Waals surface area contributed by atoms with Crippen LogP contribution in [0.15, 0.2) is 29.2 Å². The lowest BCUT2D eigenvalue weighted by molar-refractivity contribution is -0.136. The molecule has 2 fully saturated rings. The quantitative estimate of drug-likeness (QED) is 0.712. The summed E-state index contributed by atoms with van der Waals surface area (Å²) in [5, 5.41) is 0.408. The second kappa shape index (κ2) is 7.43. The molecule has 1 aliphatic carbocycles. The molecule has 0 N–H and O–H groups in total. The molecule has 4 rings (SSSR count). The Labute approximate surface area is 170 Å². The molecule has 0 radical (unpaired) electrons. The number of likely N-dealkylation sites (N-methyl/N-ethyl adjacent to an activating group) is 1. The van der Waals surface area contributed by atoms with Crippen LogP contribution in [-0.4, -0.2) is 58.6 Å². The first-order valence-electron chi connectivity index (χ1n) is 10.1. The number of urea groups is 1. The monoisotopic (exact) mass is 401 g/mol. The number of hydrogen-bond donors (Lipinski definition) is 0. The van der Waals surface area contributed by atoms with Gasteiger partial charge in [0.25, 0.3) is 5.91 Å². The zero-order valence-electron chi connectivity index (χ0n) is 16.5. The van der Waals surface area contributed by atoms with Crippen LogP contribution in [-0.2, 0) is 9.59 Å². The number of imide groups is 1. The van der Waals surface area contributed by atoms with Crippen molar-refractivity contribution < 1.29 is 14.4 Å². The second-order valence-electron chi connectivity index (χ2n) is 8.06. The molecule has 1 unspecified atom stereocenters. The zero-order chi connectivity index (χ0) is 19.9. The van der Waals surface area contributed by atoms with Crippen molar-refractivity contribution in [3.8, 4) is 0 Å². The molecule has 0 bridgehead atoms. The number of hydrogen-bond acceptors (Lipinski definition) is 4. The Hall–Kier alpha value is -2.02. The summed E-state index contributed by atoms with van der Waals surface area (Å²) in [6.45, 7) is 2.57. The number of carbonyl (C=O) groups is 3. The Kier molecular flexibility index (Phi) is 5.12. The van der Waals surface area contributed by atoms with Crippen LogP contribution in [0.1, 0.15) is 45.4 Å². The molecule has 2 aliphatic heterocycles. The Balaban J connectivity index is 1.57. The molecular weight excluding hydrogens is 374 g/mol. The maximum absolute atomic E-state index is 13.2. The number of benzene rings is 1. The van der Waals surface area contributed by atoms with E-state index in [0.29, 0.717) is 24.6 Å². The predicted molar refractivity (Wildman–Crippen MR) is 109 cm³/mol. The van der Waals surface area contributed by atoms with Crippen LogP contribution in [0.4, 0.5) is 10.5 Å². The predicted octanol–water partition coefficient (Wildman–Crippen LogP) is 3.50. The zero-order valence-corrected chi connectivity index (χ0v) is 17.3. The maximum atomic E-state index is 13.2. The molecule has 1 aromatic rings. The molecule has 4 amide bonds. The number of thioether (sulfide) groups is 1. The van der Waals surface area contributed by atoms with E-state index in [4.69, 9.17) is 0 Å². The van der Waals surface area contributed by atoms with E-state index in [2.05, 4.69) is 6.92 Å². The van der Waals surface area contributed by atoms with Gasteiger partial charge in [-0.05, 0) is 31.4 Å². The summed E-state index contributed by atoms with van der Waals surface area (Å²) in [7, 11) is 1.70. The highest BCUT2D eigenvalue weighted by atomic mass is 32.2. The molecular formula is C21H27N3O3S. The van der Waals surface area contributed by atoms with Crippen molar-refractivity contribution >= 4 is 35.3 Å². The van der Waals surface area contributed by atoms with Gasteiger partial charge in [-0.15, -0.1) is 11.8 Å². The van der Waals surface area contributed by atoms with E-state index in [1.807, 2.05) is 24.3 Å². The number of nitrogens with zero attached hydrogens (tertiary/aromatic N) is 3. The van der Waals surface area contributed by atoms with Gasteiger partial charge in [0, 0.05) is 23.7 Å². The Morgan fingerprint density at radius 2 is 1.89 bits per heavy atom. The SMILES string of the molecule is CC1CCN(C(=O)CN2C(=O)N(C)C3(CCCCC3)C2=O)c2ccccc2S1. The average molecular weight is 402 g/mol. The van der Waals surface area contributed by atoms with Crippen molar-refractivity contribution in [3.05, 3.63) is 24.3 Å². The van der Waals surface area contributed by atoms with Gasteiger partial charge >= 0.3 is 6.03 Å². The standard InChI is InChI=1S/C21H27N3O3S/c1-15-10-13-23(16-8-4-5-9-17(16)28-15)18(25)14-24-19(26)21(22(2)20(24)27)11-6-3-7-12-21/h4-5,8-9,15H,3,6-7,10-14H2,1-2H3. The first-order chi connectivity index (χ1) is 13.4. The van der Waals surface area contributed by atoms with Crippen molar-refractivity contribution in [2.24, 2.45) is 0 Å². The normalized spacial score (nSPS) is 24.5. The summed E-state index contributed by atoms with van der Waals surface area (Å²) < 4.78 is 0. The molecule has 1 saturated carbocycles. The summed E-state index contributed by atoms with van der Waals surface area (Å²) in [5.41, 5.74) is 0.137. The molecule has 150 valence electrons. The number of anilines is 1. The number of para-hydroxylation sites is 1. The molecule has 0 aromatic heterocycles.